The van der Waals surface area contributed by atoms with E-state index in [4.69, 9.17) is 16.3 Å². The third kappa shape index (κ3) is 6.00. The fourth-order valence-corrected chi connectivity index (χ4v) is 4.07. The molecule has 2 aromatic rings. The Labute approximate surface area is 169 Å². The quantitative estimate of drug-likeness (QED) is 0.666. The number of benzene rings is 2. The van der Waals surface area contributed by atoms with Crippen LogP contribution in [-0.2, 0) is 26.1 Å². The lowest BCUT2D eigenvalue weighted by Crippen LogP contribution is -2.44. The fraction of sp³-hybridized carbons (Fsp3) is 0.316. The minimum atomic E-state index is -4.06. The number of nitrogens with one attached hydrogen (secondary N) is 1. The normalized spacial score (nSPS) is 12.8. The molecule has 1 atom stereocenters. The standard InChI is InChI=1S/C19H22ClFN2O4S/c1-14(13-27-2)22-19(24)12-23(11-15-5-3-4-6-18(15)21)28(25,26)17-9-7-16(20)8-10-17/h3-10,14H,11-13H2,1-2H3,(H,22,24)/t14-/m0/s1. The van der Waals surface area contributed by atoms with Crippen LogP contribution < -0.4 is 5.32 Å². The number of ether oxygens (including phenoxy) is 1. The molecule has 2 rings (SSSR count). The van der Waals surface area contributed by atoms with Crippen molar-refractivity contribution in [3.05, 3.63) is 64.9 Å². The molecule has 0 bridgehead atoms. The maximum absolute atomic E-state index is 14.1. The summed E-state index contributed by atoms with van der Waals surface area (Å²) in [5.74, 6) is -1.06. The average molecular weight is 429 g/mol. The van der Waals surface area contributed by atoms with E-state index in [2.05, 4.69) is 5.32 Å². The van der Waals surface area contributed by atoms with E-state index in [0.29, 0.717) is 5.02 Å². The van der Waals surface area contributed by atoms with Gasteiger partial charge in [-0.1, -0.05) is 29.8 Å². The number of sulfonamides is 1. The van der Waals surface area contributed by atoms with Gasteiger partial charge in [-0.2, -0.15) is 4.31 Å². The van der Waals surface area contributed by atoms with Gasteiger partial charge in [0.1, 0.15) is 5.82 Å². The maximum atomic E-state index is 14.1. The molecule has 0 aliphatic heterocycles. The van der Waals surface area contributed by atoms with Crippen molar-refractivity contribution < 1.29 is 22.3 Å². The van der Waals surface area contributed by atoms with Gasteiger partial charge in [0.2, 0.25) is 15.9 Å². The summed E-state index contributed by atoms with van der Waals surface area (Å²) in [5, 5.41) is 3.04. The number of carbonyl (C=O) groups excluding carboxylic acids is 1. The molecule has 152 valence electrons. The molecule has 9 heteroatoms. The number of carbonyl (C=O) groups is 1. The summed E-state index contributed by atoms with van der Waals surface area (Å²) in [6.45, 7) is 1.26. The second-order valence-electron chi connectivity index (χ2n) is 6.24. The smallest absolute Gasteiger partial charge is 0.243 e. The van der Waals surface area contributed by atoms with Gasteiger partial charge in [-0.15, -0.1) is 0 Å². The topological polar surface area (TPSA) is 75.7 Å². The summed E-state index contributed by atoms with van der Waals surface area (Å²) in [5.41, 5.74) is 0.165. The van der Waals surface area contributed by atoms with Crippen molar-refractivity contribution in [1.29, 1.82) is 0 Å². The first-order chi connectivity index (χ1) is 13.2. The molecule has 0 fully saturated rings. The van der Waals surface area contributed by atoms with E-state index in [1.165, 1.54) is 49.6 Å². The molecule has 0 aliphatic rings. The van der Waals surface area contributed by atoms with Gasteiger partial charge < -0.3 is 10.1 Å². The molecule has 0 aliphatic carbocycles. The molecule has 1 N–H and O–H groups in total. The first-order valence-electron chi connectivity index (χ1n) is 8.51. The van der Waals surface area contributed by atoms with Gasteiger partial charge in [-0.3, -0.25) is 4.79 Å². The van der Waals surface area contributed by atoms with Crippen LogP contribution in [0.5, 0.6) is 0 Å². The molecule has 0 heterocycles. The lowest BCUT2D eigenvalue weighted by atomic mass is 10.2. The maximum Gasteiger partial charge on any atom is 0.243 e. The first-order valence-corrected chi connectivity index (χ1v) is 10.3. The third-order valence-corrected chi connectivity index (χ3v) is 5.96. The number of nitrogens with zero attached hydrogens (tertiary/aromatic N) is 1. The first kappa shape index (κ1) is 22.3. The predicted molar refractivity (Wildman–Crippen MR) is 105 cm³/mol. The van der Waals surface area contributed by atoms with Crippen LogP contribution in [0.2, 0.25) is 5.02 Å². The van der Waals surface area contributed by atoms with E-state index in [1.54, 1.807) is 13.0 Å². The van der Waals surface area contributed by atoms with Crippen LogP contribution in [0.3, 0.4) is 0 Å². The zero-order valence-electron chi connectivity index (χ0n) is 15.6. The number of hydrogen-bond acceptors (Lipinski definition) is 4. The second kappa shape index (κ2) is 9.97. The van der Waals surface area contributed by atoms with Gasteiger partial charge in [-0.25, -0.2) is 12.8 Å². The summed E-state index contributed by atoms with van der Waals surface area (Å²) < 4.78 is 46.1. The Kier molecular flexibility index (Phi) is 7.94. The van der Waals surface area contributed by atoms with E-state index in [0.717, 1.165) is 4.31 Å². The molecule has 0 unspecified atom stereocenters. The van der Waals surface area contributed by atoms with Crippen molar-refractivity contribution in [2.75, 3.05) is 20.3 Å². The van der Waals surface area contributed by atoms with Crippen LogP contribution in [0.1, 0.15) is 12.5 Å². The molecule has 0 radical (unpaired) electrons. The van der Waals surface area contributed by atoms with Crippen molar-refractivity contribution in [2.24, 2.45) is 0 Å². The SMILES string of the molecule is COC[C@H](C)NC(=O)CN(Cc1ccccc1F)S(=O)(=O)c1ccc(Cl)cc1. The highest BCUT2D eigenvalue weighted by molar-refractivity contribution is 7.89. The van der Waals surface area contributed by atoms with Crippen LogP contribution in [0.25, 0.3) is 0 Å². The van der Waals surface area contributed by atoms with Crippen LogP contribution in [-0.4, -0.2) is 44.9 Å². The van der Waals surface area contributed by atoms with Crippen LogP contribution in [0.4, 0.5) is 4.39 Å². The Morgan fingerprint density at radius 1 is 1.21 bits per heavy atom. The van der Waals surface area contributed by atoms with Gasteiger partial charge >= 0.3 is 0 Å². The van der Waals surface area contributed by atoms with Gasteiger partial charge in [0.05, 0.1) is 18.0 Å². The van der Waals surface area contributed by atoms with Crippen molar-refractivity contribution in [3.63, 3.8) is 0 Å². The minimum Gasteiger partial charge on any atom is -0.383 e. The Hall–Kier alpha value is -2.00. The summed E-state index contributed by atoms with van der Waals surface area (Å²) in [4.78, 5) is 12.3. The summed E-state index contributed by atoms with van der Waals surface area (Å²) in [7, 11) is -2.56. The predicted octanol–water partition coefficient (Wildman–Crippen LogP) is 2.82. The van der Waals surface area contributed by atoms with Crippen LogP contribution in [0.15, 0.2) is 53.4 Å². The molecule has 6 nitrogen and oxygen atoms in total. The monoisotopic (exact) mass is 428 g/mol. The third-order valence-electron chi connectivity index (χ3n) is 3.90. The van der Waals surface area contributed by atoms with E-state index in [1.807, 2.05) is 0 Å². The van der Waals surface area contributed by atoms with Crippen molar-refractivity contribution >= 4 is 27.5 Å². The van der Waals surface area contributed by atoms with Gasteiger partial charge in [0.15, 0.2) is 0 Å². The Bertz CT molecular complexity index is 906. The molecule has 2 aromatic carbocycles. The Morgan fingerprint density at radius 2 is 1.86 bits per heavy atom. The molecule has 28 heavy (non-hydrogen) atoms. The Morgan fingerprint density at radius 3 is 2.46 bits per heavy atom. The Balaban J connectivity index is 2.31. The summed E-state index contributed by atoms with van der Waals surface area (Å²) in [6.07, 6.45) is 0. The summed E-state index contributed by atoms with van der Waals surface area (Å²) >= 11 is 5.83. The average Bonchev–Trinajstić information content (AvgIpc) is 2.63. The zero-order chi connectivity index (χ0) is 20.7. The van der Waals surface area contributed by atoms with Crippen molar-refractivity contribution in [3.8, 4) is 0 Å². The van der Waals surface area contributed by atoms with Crippen molar-refractivity contribution in [2.45, 2.75) is 24.4 Å². The number of rotatable bonds is 9. The summed E-state index contributed by atoms with van der Waals surface area (Å²) in [6, 6.07) is 11.1. The lowest BCUT2D eigenvalue weighted by Gasteiger charge is -2.23. The molecule has 0 aromatic heterocycles. The molecule has 0 saturated heterocycles. The molecular weight excluding hydrogens is 407 g/mol. The van der Waals surface area contributed by atoms with Gasteiger partial charge in [0.25, 0.3) is 0 Å². The second-order valence-corrected chi connectivity index (χ2v) is 8.62. The highest BCUT2D eigenvalue weighted by atomic mass is 35.5. The van der Waals surface area contributed by atoms with Crippen molar-refractivity contribution in [1.82, 2.24) is 9.62 Å². The van der Waals surface area contributed by atoms with E-state index >= 15 is 0 Å². The zero-order valence-corrected chi connectivity index (χ0v) is 17.1. The van der Waals surface area contributed by atoms with Gasteiger partial charge in [-0.05, 0) is 37.3 Å². The molecular formula is C19H22ClFN2O4S. The van der Waals surface area contributed by atoms with Crippen LogP contribution >= 0.6 is 11.6 Å². The minimum absolute atomic E-state index is 0.0361. The number of amides is 1. The van der Waals surface area contributed by atoms with Crippen LogP contribution in [0, 0.1) is 5.82 Å². The lowest BCUT2D eigenvalue weighted by molar-refractivity contribution is -0.122. The highest BCUT2D eigenvalue weighted by Crippen LogP contribution is 2.21. The highest BCUT2D eigenvalue weighted by Gasteiger charge is 2.28. The number of hydrogen-bond donors (Lipinski definition) is 1. The van der Waals surface area contributed by atoms with E-state index in [-0.39, 0.29) is 29.7 Å². The number of methoxy groups -OCH3 is 1. The van der Waals surface area contributed by atoms with Gasteiger partial charge in [0, 0.05) is 30.3 Å². The van der Waals surface area contributed by atoms with E-state index < -0.39 is 28.3 Å². The number of halogens is 2. The molecule has 1 amide bonds. The van der Waals surface area contributed by atoms with E-state index in [9.17, 15) is 17.6 Å². The molecule has 0 saturated carbocycles. The largest absolute Gasteiger partial charge is 0.383 e. The fourth-order valence-electron chi connectivity index (χ4n) is 2.57. The molecule has 0 spiro atoms.